The van der Waals surface area contributed by atoms with Crippen LogP contribution in [0.5, 0.6) is 0 Å². The van der Waals surface area contributed by atoms with Crippen molar-refractivity contribution in [2.24, 2.45) is 0 Å². The zero-order valence-electron chi connectivity index (χ0n) is 32.6. The van der Waals surface area contributed by atoms with Crippen LogP contribution in [-0.2, 0) is 44.0 Å². The van der Waals surface area contributed by atoms with Gasteiger partial charge in [-0.05, 0) is 62.4 Å². The van der Waals surface area contributed by atoms with Crippen LogP contribution in [0.1, 0.15) is 37.1 Å². The minimum absolute atomic E-state index is 0.0124. The number of hydrogen-bond acceptors (Lipinski definition) is 14. The Bertz CT molecular complexity index is 2780. The van der Waals surface area contributed by atoms with Gasteiger partial charge in [0.1, 0.15) is 34.8 Å². The molecule has 0 radical (unpaired) electrons. The van der Waals surface area contributed by atoms with Crippen LogP contribution in [0.2, 0.25) is 0 Å². The van der Waals surface area contributed by atoms with E-state index in [1.807, 2.05) is 0 Å². The number of furan rings is 2. The molecule has 0 saturated carbocycles. The number of halogens is 4. The van der Waals surface area contributed by atoms with Gasteiger partial charge in [-0.1, -0.05) is 24.3 Å². The van der Waals surface area contributed by atoms with Crippen molar-refractivity contribution in [2.75, 3.05) is 0 Å². The van der Waals surface area contributed by atoms with E-state index in [0.717, 1.165) is 24.8 Å². The molecule has 0 aliphatic carbocycles. The van der Waals surface area contributed by atoms with E-state index in [0.29, 0.717) is 11.5 Å². The first-order valence-corrected chi connectivity index (χ1v) is 22.0. The summed E-state index contributed by atoms with van der Waals surface area (Å²) in [7, 11) is -7.54. The van der Waals surface area contributed by atoms with E-state index in [4.69, 9.17) is 8.83 Å². The van der Waals surface area contributed by atoms with E-state index in [2.05, 4.69) is 40.3 Å². The van der Waals surface area contributed by atoms with Crippen molar-refractivity contribution in [3.05, 3.63) is 157 Å². The van der Waals surface area contributed by atoms with Crippen LogP contribution < -0.4 is 0 Å². The van der Waals surface area contributed by atoms with Crippen molar-refractivity contribution in [1.82, 2.24) is 49.5 Å². The fraction of sp³-hybridized carbons (Fsp3) is 0.200. The average Bonchev–Trinajstić information content (AvgIpc) is 4.09. The highest BCUT2D eigenvalue weighted by Gasteiger charge is 2.30. The molecule has 6 heterocycles. The summed E-state index contributed by atoms with van der Waals surface area (Å²) in [5.41, 5.74) is 0.192. The maximum absolute atomic E-state index is 14.6. The summed E-state index contributed by atoms with van der Waals surface area (Å²) >= 11 is 0. The molecule has 8 aromatic rings. The zero-order chi connectivity index (χ0) is 44.0. The van der Waals surface area contributed by atoms with Crippen LogP contribution in [0.3, 0.4) is 0 Å². The minimum atomic E-state index is -3.77. The normalized spacial score (nSPS) is 12.7. The first kappa shape index (κ1) is 43.2. The molecule has 0 spiro atoms. The average molecular weight is 891 g/mol. The molecule has 22 heteroatoms. The standard InChI is InChI=1S/2C20H17F2N5O3S/c2*1-13(9-18-23-10-14(21)11-24-18)31(28,29)12-19-25-26-20(17-7-4-8-30-17)27(19)16-6-3-2-5-15(16)22/h2*2-8,10-11,13H,9,12H2,1H3/t2*13-/m10/s1. The molecule has 320 valence electrons. The van der Waals surface area contributed by atoms with Gasteiger partial charge in [-0.2, -0.15) is 0 Å². The summed E-state index contributed by atoms with van der Waals surface area (Å²) in [6.07, 6.45) is 6.74. The molecular weight excluding hydrogens is 857 g/mol. The van der Waals surface area contributed by atoms with E-state index in [-0.39, 0.29) is 59.2 Å². The smallest absolute Gasteiger partial charge is 0.204 e. The van der Waals surface area contributed by atoms with Crippen LogP contribution >= 0.6 is 0 Å². The Morgan fingerprint density at radius 2 is 0.903 bits per heavy atom. The van der Waals surface area contributed by atoms with Gasteiger partial charge in [0, 0.05) is 12.8 Å². The zero-order valence-corrected chi connectivity index (χ0v) is 34.3. The Hall–Kier alpha value is -6.94. The lowest BCUT2D eigenvalue weighted by molar-refractivity contribution is 0.570. The van der Waals surface area contributed by atoms with Gasteiger partial charge in [-0.3, -0.25) is 9.13 Å². The highest BCUT2D eigenvalue weighted by atomic mass is 32.2. The lowest BCUT2D eigenvalue weighted by Crippen LogP contribution is -2.24. The largest absolute Gasteiger partial charge is 0.461 e. The lowest BCUT2D eigenvalue weighted by Gasteiger charge is -2.14. The maximum Gasteiger partial charge on any atom is 0.204 e. The highest BCUT2D eigenvalue weighted by molar-refractivity contribution is 7.91. The van der Waals surface area contributed by atoms with Crippen molar-refractivity contribution >= 4 is 19.7 Å². The first-order chi connectivity index (χ1) is 29.7. The van der Waals surface area contributed by atoms with E-state index < -0.39 is 64.9 Å². The molecule has 0 fully saturated rings. The fourth-order valence-electron chi connectivity index (χ4n) is 6.02. The highest BCUT2D eigenvalue weighted by Crippen LogP contribution is 2.28. The molecule has 16 nitrogen and oxygen atoms in total. The first-order valence-electron chi connectivity index (χ1n) is 18.5. The van der Waals surface area contributed by atoms with Crippen molar-refractivity contribution in [3.63, 3.8) is 0 Å². The monoisotopic (exact) mass is 890 g/mol. The second-order valence-electron chi connectivity index (χ2n) is 13.7. The van der Waals surface area contributed by atoms with Crippen LogP contribution in [0, 0.1) is 23.3 Å². The number of nitrogens with zero attached hydrogens (tertiary/aromatic N) is 10. The van der Waals surface area contributed by atoms with E-state index in [1.165, 1.54) is 71.9 Å². The van der Waals surface area contributed by atoms with Gasteiger partial charge in [0.15, 0.2) is 54.5 Å². The summed E-state index contributed by atoms with van der Waals surface area (Å²) in [6.45, 7) is 3.00. The number of sulfone groups is 2. The van der Waals surface area contributed by atoms with Crippen molar-refractivity contribution in [2.45, 2.75) is 48.7 Å². The Morgan fingerprint density at radius 3 is 1.24 bits per heavy atom. The molecule has 0 bridgehead atoms. The predicted octanol–water partition coefficient (Wildman–Crippen LogP) is 6.28. The lowest BCUT2D eigenvalue weighted by atomic mass is 10.3. The van der Waals surface area contributed by atoms with E-state index in [9.17, 15) is 34.4 Å². The number of benzene rings is 2. The van der Waals surface area contributed by atoms with Crippen molar-refractivity contribution < 1.29 is 43.2 Å². The minimum Gasteiger partial charge on any atom is -0.461 e. The van der Waals surface area contributed by atoms with Gasteiger partial charge < -0.3 is 8.83 Å². The molecule has 8 rings (SSSR count). The molecule has 0 aliphatic rings. The quantitative estimate of drug-likeness (QED) is 0.110. The second-order valence-corrected chi connectivity index (χ2v) is 18.5. The summed E-state index contributed by atoms with van der Waals surface area (Å²) < 4.78 is 121. The second kappa shape index (κ2) is 18.4. The number of hydrogen-bond donors (Lipinski definition) is 0. The van der Waals surface area contributed by atoms with Gasteiger partial charge in [0.05, 0.1) is 59.2 Å². The third-order valence-corrected chi connectivity index (χ3v) is 13.4. The van der Waals surface area contributed by atoms with Crippen molar-refractivity contribution in [3.8, 4) is 34.5 Å². The Labute approximate surface area is 351 Å². The third-order valence-electron chi connectivity index (χ3n) is 9.30. The number of para-hydroxylation sites is 2. The van der Waals surface area contributed by atoms with Crippen molar-refractivity contribution in [1.29, 1.82) is 0 Å². The summed E-state index contributed by atoms with van der Waals surface area (Å²) in [4.78, 5) is 15.2. The van der Waals surface area contributed by atoms with Gasteiger partial charge in [0.2, 0.25) is 11.6 Å². The Kier molecular flexibility index (Phi) is 12.8. The van der Waals surface area contributed by atoms with E-state index in [1.54, 1.807) is 36.4 Å². The SMILES string of the molecule is C[C@@H](Cc1ncc(F)cn1)S(=O)(=O)Cc1nnc(-c2ccco2)n1-c1ccccc1F.C[C@H](Cc1ncc(F)cn1)S(=O)(=O)Cc1nnc(-c2ccco2)n1-c1ccccc1F. The molecule has 0 saturated heterocycles. The van der Waals surface area contributed by atoms with E-state index >= 15 is 0 Å². The molecule has 62 heavy (non-hydrogen) atoms. The van der Waals surface area contributed by atoms with Crippen LogP contribution in [0.4, 0.5) is 17.6 Å². The predicted molar refractivity (Wildman–Crippen MR) is 214 cm³/mol. The van der Waals surface area contributed by atoms with Crippen LogP contribution in [0.25, 0.3) is 34.5 Å². The Morgan fingerprint density at radius 1 is 0.532 bits per heavy atom. The molecule has 0 unspecified atom stereocenters. The molecule has 2 aromatic carbocycles. The maximum atomic E-state index is 14.6. The molecule has 0 N–H and O–H groups in total. The molecule has 2 atom stereocenters. The van der Waals surface area contributed by atoms with Crippen LogP contribution in [0.15, 0.2) is 119 Å². The molecule has 6 aromatic heterocycles. The molecular formula is C40H34F4N10O6S2. The van der Waals surface area contributed by atoms with Crippen LogP contribution in [-0.4, -0.2) is 76.8 Å². The van der Waals surface area contributed by atoms with Gasteiger partial charge in [-0.25, -0.2) is 54.3 Å². The topological polar surface area (TPSA) is 208 Å². The third kappa shape index (κ3) is 9.81. The number of aromatic nitrogens is 10. The molecule has 0 aliphatic heterocycles. The molecule has 0 amide bonds. The summed E-state index contributed by atoms with van der Waals surface area (Å²) in [6, 6.07) is 18.3. The Balaban J connectivity index is 0.000000186. The number of rotatable bonds is 14. The van der Waals surface area contributed by atoms with Gasteiger partial charge in [0.25, 0.3) is 0 Å². The van der Waals surface area contributed by atoms with Gasteiger partial charge in [-0.15, -0.1) is 20.4 Å². The summed E-state index contributed by atoms with van der Waals surface area (Å²) in [5, 5.41) is 14.3. The fourth-order valence-corrected chi connectivity index (χ4v) is 8.49. The summed E-state index contributed by atoms with van der Waals surface area (Å²) in [5.74, 6) is -1.92. The van der Waals surface area contributed by atoms with Gasteiger partial charge >= 0.3 is 0 Å².